The summed E-state index contributed by atoms with van der Waals surface area (Å²) in [7, 11) is 0. The number of aliphatic carboxylic acids is 5. The molecule has 385 valence electrons. The number of carboxylic acids is 5. The van der Waals surface area contributed by atoms with E-state index in [1.165, 1.54) is 96.3 Å². The van der Waals surface area contributed by atoms with E-state index in [2.05, 4.69) is 32.9 Å². The summed E-state index contributed by atoms with van der Waals surface area (Å²) in [5.74, 6) is -4.62. The van der Waals surface area contributed by atoms with Crippen LogP contribution in [0.1, 0.15) is 257 Å². The Morgan fingerprint density at radius 1 is 0.227 bits per heavy atom. The molecule has 1 radical (unpaired) electrons. The van der Waals surface area contributed by atoms with E-state index in [0.717, 1.165) is 128 Å². The Balaban J connectivity index is -0.000000170. The minimum absolute atomic E-state index is 0. The van der Waals surface area contributed by atoms with Gasteiger partial charge in [0, 0.05) is 48.4 Å². The first-order valence-electron chi connectivity index (χ1n) is 25.4. The van der Waals surface area contributed by atoms with Crippen LogP contribution in [0.15, 0.2) is 63.3 Å². The molecule has 0 aliphatic carbocycles. The molecule has 0 spiro atoms. The van der Waals surface area contributed by atoms with Crippen LogP contribution in [0, 0.1) is 0 Å². The summed E-state index contributed by atoms with van der Waals surface area (Å²) in [6, 6.07) is 0. The number of carboxylic acid groups (broad SMARTS) is 5. The largest absolute Gasteiger partial charge is 0.550 e. The zero-order chi connectivity index (χ0) is 49.7. The molecule has 0 heterocycles. The molecular weight excluding hydrogens is 872 g/mol. The maximum atomic E-state index is 10.1. The van der Waals surface area contributed by atoms with Gasteiger partial charge in [0.25, 0.3) is 0 Å². The molecule has 0 aromatic heterocycles. The summed E-state index contributed by atoms with van der Waals surface area (Å²) < 4.78 is 0. The van der Waals surface area contributed by atoms with Crippen LogP contribution in [0.4, 0.5) is 0 Å². The van der Waals surface area contributed by atoms with Gasteiger partial charge in [0.15, 0.2) is 0 Å². The molecule has 11 heteroatoms. The van der Waals surface area contributed by atoms with Gasteiger partial charge in [-0.15, -0.1) is 32.9 Å². The molecule has 0 fully saturated rings. The molecule has 0 N–H and O–H groups in total. The molecule has 0 bridgehead atoms. The van der Waals surface area contributed by atoms with Crippen LogP contribution < -0.4 is 25.5 Å². The Morgan fingerprint density at radius 2 is 0.333 bits per heavy atom. The van der Waals surface area contributed by atoms with Crippen molar-refractivity contribution < 1.29 is 68.1 Å². The summed E-state index contributed by atoms with van der Waals surface area (Å²) in [6.07, 6.45) is 49.2. The van der Waals surface area contributed by atoms with Crippen molar-refractivity contribution in [2.45, 2.75) is 257 Å². The first-order valence-corrected chi connectivity index (χ1v) is 25.4. The zero-order valence-electron chi connectivity index (χ0n) is 41.7. The van der Waals surface area contributed by atoms with Gasteiger partial charge in [-0.2, -0.15) is 0 Å². The predicted octanol–water partition coefficient (Wildman–Crippen LogP) is 10.2. The molecule has 0 unspecified atom stereocenters. The van der Waals surface area contributed by atoms with E-state index in [9.17, 15) is 49.5 Å². The van der Waals surface area contributed by atoms with Crippen molar-refractivity contribution in [1.29, 1.82) is 0 Å². The van der Waals surface area contributed by atoms with Crippen molar-refractivity contribution in [3.05, 3.63) is 63.3 Å². The third kappa shape index (κ3) is 99.2. The summed E-state index contributed by atoms with van der Waals surface area (Å²) >= 11 is 0. The van der Waals surface area contributed by atoms with Crippen LogP contribution in [0.5, 0.6) is 0 Å². The van der Waals surface area contributed by atoms with E-state index in [0.29, 0.717) is 0 Å². The van der Waals surface area contributed by atoms with Gasteiger partial charge in [0.2, 0.25) is 0 Å². The Hall–Kier alpha value is -3.37. The number of rotatable bonds is 45. The van der Waals surface area contributed by atoms with E-state index < -0.39 is 29.8 Å². The standard InChI is InChI=1S/5C11H20O2.V/c5*1-2-3-4-5-6-7-8-9-10-11(12)13;/h5*2H,1,3-10H2,(H,12,13);/p-5. The fourth-order valence-corrected chi connectivity index (χ4v) is 6.33. The minimum atomic E-state index is -0.924. The first kappa shape index (κ1) is 74.2. The van der Waals surface area contributed by atoms with Crippen LogP contribution in [0.25, 0.3) is 0 Å². The molecule has 0 aliphatic heterocycles. The molecular formula is C55H95O10V-5. The predicted molar refractivity (Wildman–Crippen MR) is 261 cm³/mol. The second kappa shape index (κ2) is 70.6. The van der Waals surface area contributed by atoms with Gasteiger partial charge < -0.3 is 49.5 Å². The van der Waals surface area contributed by atoms with Gasteiger partial charge in [-0.1, -0.05) is 159 Å². The maximum Gasteiger partial charge on any atom is 0.0414 e. The average Bonchev–Trinajstić information content (AvgIpc) is 3.26. The SMILES string of the molecule is C=CCCCCCCCCC(=O)[O-].C=CCCCCCCCCC(=O)[O-].C=CCCCCCCCCC(=O)[O-].C=CCCCCCCCCC(=O)[O-].C=CCCCCCCCCC(=O)[O-].[V]. The molecule has 0 saturated carbocycles. The van der Waals surface area contributed by atoms with Crippen LogP contribution in [0.2, 0.25) is 0 Å². The van der Waals surface area contributed by atoms with Crippen LogP contribution in [-0.2, 0) is 42.5 Å². The van der Waals surface area contributed by atoms with E-state index in [-0.39, 0.29) is 50.7 Å². The van der Waals surface area contributed by atoms with Crippen molar-refractivity contribution in [2.75, 3.05) is 0 Å². The quantitative estimate of drug-likeness (QED) is 0.0418. The summed E-state index contributed by atoms with van der Waals surface area (Å²) in [5, 5.41) is 50.3. The normalized spacial score (nSPS) is 9.70. The fourth-order valence-electron chi connectivity index (χ4n) is 6.33. The number of carbonyl (C=O) groups excluding carboxylic acids is 5. The monoisotopic (exact) mass is 967 g/mol. The molecule has 0 aliphatic rings. The minimum Gasteiger partial charge on any atom is -0.550 e. The Bertz CT molecular complexity index is 910. The van der Waals surface area contributed by atoms with Gasteiger partial charge in [-0.05, 0) is 128 Å². The van der Waals surface area contributed by atoms with Crippen molar-refractivity contribution in [3.8, 4) is 0 Å². The Labute approximate surface area is 416 Å². The smallest absolute Gasteiger partial charge is 0.0414 e. The van der Waals surface area contributed by atoms with E-state index in [1.807, 2.05) is 30.4 Å². The van der Waals surface area contributed by atoms with Crippen molar-refractivity contribution in [1.82, 2.24) is 0 Å². The average molecular weight is 967 g/mol. The zero-order valence-corrected chi connectivity index (χ0v) is 43.1. The number of hydrogen-bond donors (Lipinski definition) is 0. The fraction of sp³-hybridized carbons (Fsp3) is 0.727. The third-order valence-electron chi connectivity index (χ3n) is 10.2. The summed E-state index contributed by atoms with van der Waals surface area (Å²) in [5.41, 5.74) is 0. The first-order chi connectivity index (χ1) is 31.4. The molecule has 0 rings (SSSR count). The van der Waals surface area contributed by atoms with Gasteiger partial charge >= 0.3 is 0 Å². The van der Waals surface area contributed by atoms with Crippen LogP contribution >= 0.6 is 0 Å². The van der Waals surface area contributed by atoms with E-state index in [1.54, 1.807) is 0 Å². The van der Waals surface area contributed by atoms with Gasteiger partial charge in [0.1, 0.15) is 0 Å². The van der Waals surface area contributed by atoms with Crippen molar-refractivity contribution >= 4 is 29.8 Å². The number of carbonyl (C=O) groups is 5. The van der Waals surface area contributed by atoms with Crippen LogP contribution in [0.3, 0.4) is 0 Å². The molecule has 0 aromatic carbocycles. The summed E-state index contributed by atoms with van der Waals surface area (Å²) in [4.78, 5) is 50.3. The summed E-state index contributed by atoms with van der Waals surface area (Å²) in [6.45, 7) is 18.3. The third-order valence-corrected chi connectivity index (χ3v) is 10.2. The number of hydrogen-bond acceptors (Lipinski definition) is 10. The Morgan fingerprint density at radius 3 is 0.439 bits per heavy atom. The van der Waals surface area contributed by atoms with Gasteiger partial charge in [-0.3, -0.25) is 0 Å². The Kier molecular flexibility index (Phi) is 79.4. The molecule has 0 atom stereocenters. The second-order valence-corrected chi connectivity index (χ2v) is 16.6. The maximum absolute atomic E-state index is 10.1. The van der Waals surface area contributed by atoms with Crippen LogP contribution in [-0.4, -0.2) is 29.8 Å². The van der Waals surface area contributed by atoms with Crippen molar-refractivity contribution in [2.24, 2.45) is 0 Å². The second-order valence-electron chi connectivity index (χ2n) is 16.6. The topological polar surface area (TPSA) is 201 Å². The molecule has 10 nitrogen and oxygen atoms in total. The van der Waals surface area contributed by atoms with Gasteiger partial charge in [0.05, 0.1) is 0 Å². The van der Waals surface area contributed by atoms with Gasteiger partial charge in [-0.25, -0.2) is 0 Å². The molecule has 0 aromatic rings. The van der Waals surface area contributed by atoms with E-state index >= 15 is 0 Å². The van der Waals surface area contributed by atoms with E-state index in [4.69, 9.17) is 0 Å². The molecule has 66 heavy (non-hydrogen) atoms. The molecule has 0 saturated heterocycles. The van der Waals surface area contributed by atoms with Crippen molar-refractivity contribution in [3.63, 3.8) is 0 Å². The number of allylic oxidation sites excluding steroid dienone is 5. The number of unbranched alkanes of at least 4 members (excludes halogenated alkanes) is 30. The molecule has 0 amide bonds.